The van der Waals surface area contributed by atoms with Crippen molar-refractivity contribution < 1.29 is 14.3 Å². The van der Waals surface area contributed by atoms with E-state index in [0.717, 1.165) is 49.9 Å². The Kier molecular flexibility index (Phi) is 5.53. The van der Waals surface area contributed by atoms with Crippen LogP contribution in [-0.4, -0.2) is 52.9 Å². The summed E-state index contributed by atoms with van der Waals surface area (Å²) in [5.41, 5.74) is 1.95. The lowest BCUT2D eigenvalue weighted by molar-refractivity contribution is 0.100. The Bertz CT molecular complexity index is 1110. The van der Waals surface area contributed by atoms with Gasteiger partial charge in [-0.05, 0) is 53.8 Å². The van der Waals surface area contributed by atoms with Crippen molar-refractivity contribution in [2.45, 2.75) is 19.5 Å². The lowest BCUT2D eigenvalue weighted by atomic mass is 9.89. The molecule has 0 unspecified atom stereocenters. The number of benzene rings is 2. The van der Waals surface area contributed by atoms with Gasteiger partial charge in [0, 0.05) is 38.3 Å². The Morgan fingerprint density at radius 1 is 1.00 bits per heavy atom. The van der Waals surface area contributed by atoms with Crippen LogP contribution in [0.1, 0.15) is 22.0 Å². The number of methoxy groups -OCH3 is 2. The number of hydrogen-bond acceptors (Lipinski definition) is 6. The van der Waals surface area contributed by atoms with Crippen molar-refractivity contribution >= 4 is 11.6 Å². The quantitative estimate of drug-likeness (QED) is 0.644. The van der Waals surface area contributed by atoms with E-state index in [1.807, 2.05) is 41.0 Å². The molecule has 0 spiro atoms. The molecule has 2 aromatic carbocycles. The Balaban J connectivity index is 1.25. The maximum absolute atomic E-state index is 12.9. The van der Waals surface area contributed by atoms with Gasteiger partial charge in [-0.3, -0.25) is 9.69 Å². The van der Waals surface area contributed by atoms with Gasteiger partial charge in [-0.15, -0.1) is 10.2 Å². The van der Waals surface area contributed by atoms with Crippen LogP contribution in [0.3, 0.4) is 0 Å². The Morgan fingerprint density at radius 3 is 2.56 bits per heavy atom. The largest absolute Gasteiger partial charge is 0.497 e. The highest BCUT2D eigenvalue weighted by Gasteiger charge is 2.39. The SMILES string of the molecule is COc1ccc(NC(=O)c2nnc3n2C[C@H]2CN(Cc4cccc(OC)c4)C[C@@H]2C3)cc1. The highest BCUT2D eigenvalue weighted by Crippen LogP contribution is 2.33. The van der Waals surface area contributed by atoms with Crippen molar-refractivity contribution in [3.05, 3.63) is 65.7 Å². The van der Waals surface area contributed by atoms with Gasteiger partial charge in [-0.1, -0.05) is 12.1 Å². The molecule has 8 heteroatoms. The molecular weight excluding hydrogens is 406 g/mol. The summed E-state index contributed by atoms with van der Waals surface area (Å²) in [6.45, 7) is 3.70. The number of nitrogens with one attached hydrogen (secondary N) is 1. The summed E-state index contributed by atoms with van der Waals surface area (Å²) in [4.78, 5) is 15.4. The molecule has 1 N–H and O–H groups in total. The molecule has 2 aliphatic heterocycles. The smallest absolute Gasteiger partial charge is 0.293 e. The number of ether oxygens (including phenoxy) is 2. The van der Waals surface area contributed by atoms with Crippen LogP contribution in [0.15, 0.2) is 48.5 Å². The fraction of sp³-hybridized carbons (Fsp3) is 0.375. The summed E-state index contributed by atoms with van der Waals surface area (Å²) < 4.78 is 12.5. The molecule has 5 rings (SSSR count). The molecule has 166 valence electrons. The number of fused-ring (bicyclic) bond motifs is 2. The number of carbonyl (C=O) groups is 1. The number of rotatable bonds is 6. The summed E-state index contributed by atoms with van der Waals surface area (Å²) in [5, 5.41) is 11.5. The zero-order valence-corrected chi connectivity index (χ0v) is 18.3. The lowest BCUT2D eigenvalue weighted by Crippen LogP contribution is -2.31. The zero-order valence-electron chi connectivity index (χ0n) is 18.3. The van der Waals surface area contributed by atoms with Gasteiger partial charge < -0.3 is 19.4 Å². The van der Waals surface area contributed by atoms with Crippen LogP contribution in [0.25, 0.3) is 0 Å². The highest BCUT2D eigenvalue weighted by atomic mass is 16.5. The van der Waals surface area contributed by atoms with Gasteiger partial charge in [0.2, 0.25) is 5.82 Å². The third-order valence-electron chi connectivity index (χ3n) is 6.43. The van der Waals surface area contributed by atoms with Gasteiger partial charge in [0.15, 0.2) is 0 Å². The van der Waals surface area contributed by atoms with Crippen molar-refractivity contribution in [2.24, 2.45) is 11.8 Å². The Labute approximate surface area is 187 Å². The van der Waals surface area contributed by atoms with E-state index in [-0.39, 0.29) is 5.91 Å². The van der Waals surface area contributed by atoms with Crippen molar-refractivity contribution in [1.29, 1.82) is 0 Å². The van der Waals surface area contributed by atoms with Gasteiger partial charge in [0.25, 0.3) is 5.91 Å². The summed E-state index contributed by atoms with van der Waals surface area (Å²) in [5.74, 6) is 3.69. The molecule has 0 aliphatic carbocycles. The van der Waals surface area contributed by atoms with Gasteiger partial charge in [0.05, 0.1) is 14.2 Å². The third-order valence-corrected chi connectivity index (χ3v) is 6.43. The number of nitrogens with zero attached hydrogens (tertiary/aromatic N) is 4. The first-order chi connectivity index (χ1) is 15.6. The summed E-state index contributed by atoms with van der Waals surface area (Å²) in [7, 11) is 3.31. The van der Waals surface area contributed by atoms with Gasteiger partial charge in [-0.25, -0.2) is 0 Å². The number of likely N-dealkylation sites (tertiary alicyclic amines) is 1. The van der Waals surface area contributed by atoms with E-state index in [4.69, 9.17) is 9.47 Å². The molecule has 3 aromatic rings. The van der Waals surface area contributed by atoms with Crippen molar-refractivity contribution in [3.8, 4) is 11.5 Å². The minimum atomic E-state index is -0.237. The number of carbonyl (C=O) groups excluding carboxylic acids is 1. The number of anilines is 1. The second kappa shape index (κ2) is 8.63. The Morgan fingerprint density at radius 2 is 1.78 bits per heavy atom. The fourth-order valence-corrected chi connectivity index (χ4v) is 4.81. The molecule has 1 saturated heterocycles. The van der Waals surface area contributed by atoms with Crippen LogP contribution in [0.5, 0.6) is 11.5 Å². The number of amides is 1. The fourth-order valence-electron chi connectivity index (χ4n) is 4.81. The molecule has 2 aliphatic rings. The molecule has 0 saturated carbocycles. The zero-order chi connectivity index (χ0) is 22.1. The van der Waals surface area contributed by atoms with Gasteiger partial charge in [-0.2, -0.15) is 0 Å². The topological polar surface area (TPSA) is 81.5 Å². The first-order valence-electron chi connectivity index (χ1n) is 10.9. The average molecular weight is 434 g/mol. The third kappa shape index (κ3) is 4.05. The summed E-state index contributed by atoms with van der Waals surface area (Å²) in [6, 6.07) is 15.5. The molecule has 1 aromatic heterocycles. The molecule has 1 amide bonds. The monoisotopic (exact) mass is 433 g/mol. The van der Waals surface area contributed by atoms with E-state index in [0.29, 0.717) is 23.3 Å². The van der Waals surface area contributed by atoms with E-state index in [2.05, 4.69) is 32.5 Å². The average Bonchev–Trinajstić information content (AvgIpc) is 3.40. The molecule has 0 bridgehead atoms. The van der Waals surface area contributed by atoms with E-state index < -0.39 is 0 Å². The maximum atomic E-state index is 12.9. The first kappa shape index (κ1) is 20.5. The van der Waals surface area contributed by atoms with Crippen molar-refractivity contribution in [2.75, 3.05) is 32.6 Å². The van der Waals surface area contributed by atoms with Gasteiger partial charge in [0.1, 0.15) is 17.3 Å². The van der Waals surface area contributed by atoms with Gasteiger partial charge >= 0.3 is 0 Å². The minimum Gasteiger partial charge on any atom is -0.497 e. The van der Waals surface area contributed by atoms with Crippen LogP contribution in [0, 0.1) is 11.8 Å². The first-order valence-corrected chi connectivity index (χ1v) is 10.9. The Hall–Kier alpha value is -3.39. The molecule has 1 fully saturated rings. The van der Waals surface area contributed by atoms with Crippen molar-refractivity contribution in [3.63, 3.8) is 0 Å². The summed E-state index contributed by atoms with van der Waals surface area (Å²) in [6.07, 6.45) is 0.849. The standard InChI is InChI=1S/C24H27N5O3/c1-31-20-8-6-19(7-9-20)25-24(30)23-27-26-22-11-17-13-28(14-18(17)15-29(22)23)12-16-4-3-5-21(10-16)32-2/h3-10,17-18H,11-15H2,1-2H3,(H,25,30)/t17-,18+/m0/s1. The minimum absolute atomic E-state index is 0.237. The second-order valence-electron chi connectivity index (χ2n) is 8.50. The van der Waals surface area contributed by atoms with E-state index in [1.54, 1.807) is 14.2 Å². The predicted molar refractivity (Wildman–Crippen MR) is 120 cm³/mol. The number of aromatic nitrogens is 3. The molecule has 3 heterocycles. The molecular formula is C24H27N5O3. The highest BCUT2D eigenvalue weighted by molar-refractivity contribution is 6.01. The second-order valence-corrected chi connectivity index (χ2v) is 8.50. The summed E-state index contributed by atoms with van der Waals surface area (Å²) >= 11 is 0. The molecule has 8 nitrogen and oxygen atoms in total. The van der Waals surface area contributed by atoms with Crippen LogP contribution in [0.4, 0.5) is 5.69 Å². The lowest BCUT2D eigenvalue weighted by Gasteiger charge is -2.25. The van der Waals surface area contributed by atoms with Crippen LogP contribution in [0.2, 0.25) is 0 Å². The molecule has 0 radical (unpaired) electrons. The number of hydrogen-bond donors (Lipinski definition) is 1. The van der Waals surface area contributed by atoms with E-state index in [1.165, 1.54) is 5.56 Å². The van der Waals surface area contributed by atoms with Crippen LogP contribution < -0.4 is 14.8 Å². The van der Waals surface area contributed by atoms with Crippen molar-refractivity contribution in [1.82, 2.24) is 19.7 Å². The van der Waals surface area contributed by atoms with Crippen LogP contribution in [-0.2, 0) is 19.5 Å². The normalized spacial score (nSPS) is 19.8. The molecule has 32 heavy (non-hydrogen) atoms. The molecule has 2 atom stereocenters. The maximum Gasteiger partial charge on any atom is 0.293 e. The van der Waals surface area contributed by atoms with E-state index >= 15 is 0 Å². The van der Waals surface area contributed by atoms with Crippen LogP contribution >= 0.6 is 0 Å². The predicted octanol–water partition coefficient (Wildman–Crippen LogP) is 2.85. The van der Waals surface area contributed by atoms with E-state index in [9.17, 15) is 4.79 Å².